The molecule has 0 heterocycles. The fraction of sp³-hybridized carbons (Fsp3) is 0.600. The van der Waals surface area contributed by atoms with Gasteiger partial charge in [0.2, 0.25) is 5.91 Å². The van der Waals surface area contributed by atoms with Crippen LogP contribution in [-0.4, -0.2) is 75.2 Å². The number of rotatable bonds is 11. The Morgan fingerprint density at radius 3 is 2.56 bits per heavy atom. The first-order chi connectivity index (χ1) is 13.0. The van der Waals surface area contributed by atoms with E-state index in [1.165, 1.54) is 0 Å². The molecule has 0 aromatic heterocycles. The van der Waals surface area contributed by atoms with E-state index in [1.807, 2.05) is 61.9 Å². The molecule has 0 atom stereocenters. The number of carbonyl (C=O) groups excluding carboxylic acids is 1. The molecule has 0 aliphatic carbocycles. The van der Waals surface area contributed by atoms with Gasteiger partial charge in [0, 0.05) is 33.8 Å². The van der Waals surface area contributed by atoms with Crippen LogP contribution in [0.4, 0.5) is 0 Å². The Morgan fingerprint density at radius 2 is 1.93 bits per heavy atom. The largest absolute Gasteiger partial charge is 0.491 e. The number of nitrogens with one attached hydrogen (secondary N) is 1. The summed E-state index contributed by atoms with van der Waals surface area (Å²) in [6.45, 7) is 10.0. The number of guanidine groups is 1. The number of hydrogen-bond acceptors (Lipinski definition) is 4. The molecule has 1 aromatic carbocycles. The Hall–Kier alpha value is -2.28. The van der Waals surface area contributed by atoms with Crippen molar-refractivity contribution < 1.29 is 14.3 Å². The predicted molar refractivity (Wildman–Crippen MR) is 109 cm³/mol. The highest BCUT2D eigenvalue weighted by Gasteiger charge is 2.15. The van der Waals surface area contributed by atoms with Gasteiger partial charge in [-0.1, -0.05) is 12.1 Å². The van der Waals surface area contributed by atoms with Crippen LogP contribution in [0.2, 0.25) is 0 Å². The van der Waals surface area contributed by atoms with Gasteiger partial charge in [0.15, 0.2) is 5.96 Å². The molecule has 27 heavy (non-hydrogen) atoms. The Bertz CT molecular complexity index is 588. The Labute approximate surface area is 163 Å². The van der Waals surface area contributed by atoms with Crippen LogP contribution in [0.3, 0.4) is 0 Å². The minimum atomic E-state index is 0.0987. The molecule has 0 radical (unpaired) electrons. The number of likely N-dealkylation sites (N-methyl/N-ethyl adjacent to an activating group) is 2. The van der Waals surface area contributed by atoms with Gasteiger partial charge >= 0.3 is 0 Å². The fourth-order valence-corrected chi connectivity index (χ4v) is 2.57. The number of ether oxygens (including phenoxy) is 2. The maximum absolute atomic E-state index is 12.3. The van der Waals surface area contributed by atoms with Crippen molar-refractivity contribution in [3.05, 3.63) is 29.8 Å². The van der Waals surface area contributed by atoms with E-state index < -0.39 is 0 Å². The number of carbonyl (C=O) groups is 1. The highest BCUT2D eigenvalue weighted by Crippen LogP contribution is 2.14. The third-order valence-electron chi connectivity index (χ3n) is 4.05. The van der Waals surface area contributed by atoms with Crippen molar-refractivity contribution in [1.82, 2.24) is 15.1 Å². The lowest BCUT2D eigenvalue weighted by Crippen LogP contribution is -2.45. The quantitative estimate of drug-likeness (QED) is 0.362. The summed E-state index contributed by atoms with van der Waals surface area (Å²) in [4.78, 5) is 20.7. The van der Waals surface area contributed by atoms with E-state index in [-0.39, 0.29) is 5.91 Å². The van der Waals surface area contributed by atoms with Gasteiger partial charge in [0.05, 0.1) is 19.7 Å². The van der Waals surface area contributed by atoms with E-state index >= 15 is 0 Å². The highest BCUT2D eigenvalue weighted by molar-refractivity contribution is 5.86. The van der Waals surface area contributed by atoms with Crippen molar-refractivity contribution in [1.29, 1.82) is 0 Å². The van der Waals surface area contributed by atoms with Gasteiger partial charge in [-0.2, -0.15) is 0 Å². The molecule has 0 aliphatic rings. The van der Waals surface area contributed by atoms with Crippen LogP contribution < -0.4 is 10.1 Å². The molecule has 0 unspecified atom stereocenters. The van der Waals surface area contributed by atoms with Crippen LogP contribution in [0.15, 0.2) is 29.3 Å². The second-order valence-electron chi connectivity index (χ2n) is 6.08. The van der Waals surface area contributed by atoms with Crippen LogP contribution >= 0.6 is 0 Å². The van der Waals surface area contributed by atoms with E-state index in [4.69, 9.17) is 9.47 Å². The second kappa shape index (κ2) is 13.0. The molecule has 0 saturated heterocycles. The lowest BCUT2D eigenvalue weighted by atomic mass is 10.2. The van der Waals surface area contributed by atoms with Crippen molar-refractivity contribution in [2.24, 2.45) is 4.99 Å². The maximum Gasteiger partial charge on any atom is 0.242 e. The van der Waals surface area contributed by atoms with Gasteiger partial charge in [0.25, 0.3) is 0 Å². The van der Waals surface area contributed by atoms with E-state index in [0.29, 0.717) is 45.4 Å². The summed E-state index contributed by atoms with van der Waals surface area (Å²) in [6.07, 6.45) is 0. The predicted octanol–water partition coefficient (Wildman–Crippen LogP) is 1.98. The minimum Gasteiger partial charge on any atom is -0.491 e. The summed E-state index contributed by atoms with van der Waals surface area (Å²) in [6, 6.07) is 7.86. The number of nitrogens with zero attached hydrogens (tertiary/aromatic N) is 3. The molecular formula is C20H34N4O3. The zero-order chi connectivity index (χ0) is 20.1. The Balaban J connectivity index is 2.75. The van der Waals surface area contributed by atoms with Gasteiger partial charge in [-0.3, -0.25) is 4.79 Å². The molecule has 0 bridgehead atoms. The van der Waals surface area contributed by atoms with E-state index in [0.717, 1.165) is 17.9 Å². The van der Waals surface area contributed by atoms with Gasteiger partial charge < -0.3 is 24.6 Å². The van der Waals surface area contributed by atoms with Gasteiger partial charge in [-0.15, -0.1) is 0 Å². The third kappa shape index (κ3) is 8.30. The summed E-state index contributed by atoms with van der Waals surface area (Å²) in [7, 11) is 3.53. The molecule has 0 saturated carbocycles. The van der Waals surface area contributed by atoms with Crippen molar-refractivity contribution in [2.45, 2.75) is 27.3 Å². The van der Waals surface area contributed by atoms with Crippen LogP contribution in [-0.2, 0) is 16.1 Å². The molecule has 0 fully saturated rings. The van der Waals surface area contributed by atoms with Gasteiger partial charge in [-0.25, -0.2) is 4.99 Å². The summed E-state index contributed by atoms with van der Waals surface area (Å²) in [5.74, 6) is 1.61. The average molecular weight is 379 g/mol. The Kier molecular flexibility index (Phi) is 10.9. The molecule has 152 valence electrons. The lowest BCUT2D eigenvalue weighted by molar-refractivity contribution is -0.131. The maximum atomic E-state index is 12.3. The summed E-state index contributed by atoms with van der Waals surface area (Å²) in [5, 5.41) is 3.25. The average Bonchev–Trinajstić information content (AvgIpc) is 2.66. The second-order valence-corrected chi connectivity index (χ2v) is 6.08. The monoisotopic (exact) mass is 378 g/mol. The van der Waals surface area contributed by atoms with E-state index in [1.54, 1.807) is 7.11 Å². The number of benzene rings is 1. The number of amides is 1. The third-order valence-corrected chi connectivity index (χ3v) is 4.05. The number of hydrogen-bond donors (Lipinski definition) is 1. The first-order valence-corrected chi connectivity index (χ1v) is 9.53. The van der Waals surface area contributed by atoms with Crippen molar-refractivity contribution in [2.75, 3.05) is 53.6 Å². The molecular weight excluding hydrogens is 344 g/mol. The molecule has 1 rings (SSSR count). The fourth-order valence-electron chi connectivity index (χ4n) is 2.57. The topological polar surface area (TPSA) is 66.4 Å². The smallest absolute Gasteiger partial charge is 0.242 e. The van der Waals surface area contributed by atoms with E-state index in [9.17, 15) is 4.79 Å². The van der Waals surface area contributed by atoms with Crippen LogP contribution in [0.25, 0.3) is 0 Å². The molecule has 0 spiro atoms. The van der Waals surface area contributed by atoms with E-state index in [2.05, 4.69) is 10.3 Å². The molecule has 7 nitrogen and oxygen atoms in total. The standard InChI is InChI=1S/C20H34N4O3/c1-6-21-20(23(4)16-19(25)24(7-2)8-3)22-15-17-10-9-11-18(14-17)27-13-12-26-5/h9-11,14H,6-8,12-13,15-16H2,1-5H3,(H,21,22). The molecule has 1 N–H and O–H groups in total. The van der Waals surface area contributed by atoms with Crippen molar-refractivity contribution in [3.8, 4) is 5.75 Å². The number of methoxy groups -OCH3 is 1. The zero-order valence-electron chi connectivity index (χ0n) is 17.3. The summed E-state index contributed by atoms with van der Waals surface area (Å²) >= 11 is 0. The summed E-state index contributed by atoms with van der Waals surface area (Å²) < 4.78 is 10.6. The molecule has 7 heteroatoms. The zero-order valence-corrected chi connectivity index (χ0v) is 17.3. The highest BCUT2D eigenvalue weighted by atomic mass is 16.5. The van der Waals surface area contributed by atoms with Crippen LogP contribution in [0.1, 0.15) is 26.3 Å². The summed E-state index contributed by atoms with van der Waals surface area (Å²) in [5.41, 5.74) is 1.05. The lowest BCUT2D eigenvalue weighted by Gasteiger charge is -2.25. The number of aliphatic imine (C=N–C) groups is 1. The van der Waals surface area contributed by atoms with Crippen molar-refractivity contribution >= 4 is 11.9 Å². The van der Waals surface area contributed by atoms with Crippen LogP contribution in [0.5, 0.6) is 5.75 Å². The van der Waals surface area contributed by atoms with Gasteiger partial charge in [0.1, 0.15) is 12.4 Å². The first-order valence-electron chi connectivity index (χ1n) is 9.53. The van der Waals surface area contributed by atoms with Crippen LogP contribution in [0, 0.1) is 0 Å². The van der Waals surface area contributed by atoms with Gasteiger partial charge in [-0.05, 0) is 38.5 Å². The molecule has 0 aliphatic heterocycles. The minimum absolute atomic E-state index is 0.0987. The molecule has 1 aromatic rings. The first kappa shape index (κ1) is 22.8. The normalized spacial score (nSPS) is 11.2. The van der Waals surface area contributed by atoms with Crippen molar-refractivity contribution in [3.63, 3.8) is 0 Å². The molecule has 1 amide bonds. The Morgan fingerprint density at radius 1 is 1.19 bits per heavy atom. The SMILES string of the molecule is CCNC(=NCc1cccc(OCCOC)c1)N(C)CC(=O)N(CC)CC.